The van der Waals surface area contributed by atoms with Gasteiger partial charge in [0.15, 0.2) is 0 Å². The first-order valence-electron chi connectivity index (χ1n) is 6.48. The highest BCUT2D eigenvalue weighted by atomic mass is 79.9. The molecular formula is C14H17BrN2O2S2. The Morgan fingerprint density at radius 2 is 2.24 bits per heavy atom. The summed E-state index contributed by atoms with van der Waals surface area (Å²) < 4.78 is 13.2. The second-order valence-corrected chi connectivity index (χ2v) is 8.61. The number of benzene rings is 1. The van der Waals surface area contributed by atoms with Crippen molar-refractivity contribution in [1.29, 1.82) is 0 Å². The van der Waals surface area contributed by atoms with Crippen molar-refractivity contribution in [3.63, 3.8) is 0 Å². The molecule has 114 valence electrons. The summed E-state index contributed by atoms with van der Waals surface area (Å²) in [6, 6.07) is 5.77. The van der Waals surface area contributed by atoms with Crippen molar-refractivity contribution >= 4 is 59.7 Å². The highest BCUT2D eigenvalue weighted by molar-refractivity contribution is 9.10. The first-order valence-corrected chi connectivity index (χ1v) is 9.71. The first kappa shape index (κ1) is 16.5. The van der Waals surface area contributed by atoms with Gasteiger partial charge in [-0.1, -0.05) is 28.9 Å². The number of anilines is 1. The lowest BCUT2D eigenvalue weighted by atomic mass is 10.2. The van der Waals surface area contributed by atoms with Crippen LogP contribution < -0.4 is 11.1 Å². The standard InChI is InChI=1S/C14H17BrN2O2S2/c1-8(21(2)19)5-6-17-14(18)13-12(16)10-4-3-9(15)7-11(10)20-13/h3-4,7-8H,5-6,16H2,1-2H3,(H,17,18). The van der Waals surface area contributed by atoms with E-state index >= 15 is 0 Å². The van der Waals surface area contributed by atoms with Gasteiger partial charge in [0.1, 0.15) is 4.88 Å². The molecule has 0 saturated carbocycles. The van der Waals surface area contributed by atoms with E-state index in [9.17, 15) is 9.00 Å². The molecule has 2 rings (SSSR count). The van der Waals surface area contributed by atoms with Gasteiger partial charge in [-0.25, -0.2) is 0 Å². The van der Waals surface area contributed by atoms with E-state index < -0.39 is 10.8 Å². The van der Waals surface area contributed by atoms with Gasteiger partial charge in [0.25, 0.3) is 5.91 Å². The molecule has 2 aromatic rings. The third kappa shape index (κ3) is 3.84. The molecule has 0 bridgehead atoms. The fraction of sp³-hybridized carbons (Fsp3) is 0.357. The molecule has 0 radical (unpaired) electrons. The van der Waals surface area contributed by atoms with E-state index in [4.69, 9.17) is 5.73 Å². The summed E-state index contributed by atoms with van der Waals surface area (Å²) in [5, 5.41) is 3.82. The van der Waals surface area contributed by atoms with Crippen LogP contribution in [0.4, 0.5) is 5.69 Å². The molecule has 4 nitrogen and oxygen atoms in total. The van der Waals surface area contributed by atoms with E-state index in [-0.39, 0.29) is 11.2 Å². The van der Waals surface area contributed by atoms with E-state index in [1.807, 2.05) is 25.1 Å². The van der Waals surface area contributed by atoms with Crippen molar-refractivity contribution in [1.82, 2.24) is 5.32 Å². The minimum atomic E-state index is -0.868. The highest BCUT2D eigenvalue weighted by Gasteiger charge is 2.16. The zero-order valence-electron chi connectivity index (χ0n) is 11.8. The maximum atomic E-state index is 12.2. The van der Waals surface area contributed by atoms with E-state index in [1.165, 1.54) is 11.3 Å². The van der Waals surface area contributed by atoms with Crippen LogP contribution in [-0.2, 0) is 10.8 Å². The molecule has 1 aromatic heterocycles. The molecule has 21 heavy (non-hydrogen) atoms. The normalized spacial score (nSPS) is 14.0. The molecule has 2 atom stereocenters. The average Bonchev–Trinajstić information content (AvgIpc) is 2.75. The van der Waals surface area contributed by atoms with Crippen molar-refractivity contribution in [3.8, 4) is 0 Å². The van der Waals surface area contributed by atoms with Gasteiger partial charge in [-0.05, 0) is 18.6 Å². The number of hydrogen-bond acceptors (Lipinski definition) is 4. The summed E-state index contributed by atoms with van der Waals surface area (Å²) in [7, 11) is -0.868. The fourth-order valence-corrected chi connectivity index (χ4v) is 3.94. The molecule has 0 aliphatic rings. The lowest BCUT2D eigenvalue weighted by Gasteiger charge is -2.08. The number of nitrogens with one attached hydrogen (secondary N) is 1. The minimum Gasteiger partial charge on any atom is -0.397 e. The van der Waals surface area contributed by atoms with Gasteiger partial charge in [0, 0.05) is 43.4 Å². The van der Waals surface area contributed by atoms with Crippen molar-refractivity contribution in [2.75, 3.05) is 18.5 Å². The Bertz CT molecular complexity index is 700. The third-order valence-corrected chi connectivity index (χ3v) is 6.33. The van der Waals surface area contributed by atoms with Gasteiger partial charge in [-0.15, -0.1) is 11.3 Å². The van der Waals surface area contributed by atoms with Crippen molar-refractivity contribution in [3.05, 3.63) is 27.5 Å². The molecule has 0 aliphatic heterocycles. The van der Waals surface area contributed by atoms with E-state index in [0.29, 0.717) is 23.5 Å². The summed E-state index contributed by atoms with van der Waals surface area (Å²) in [6.07, 6.45) is 2.36. The summed E-state index contributed by atoms with van der Waals surface area (Å²) in [5.74, 6) is -0.168. The molecule has 0 fully saturated rings. The maximum Gasteiger partial charge on any atom is 0.263 e. The van der Waals surface area contributed by atoms with E-state index in [0.717, 1.165) is 14.6 Å². The van der Waals surface area contributed by atoms with Crippen LogP contribution in [0.1, 0.15) is 23.0 Å². The number of fused-ring (bicyclic) bond motifs is 1. The number of nitrogen functional groups attached to an aromatic ring is 1. The highest BCUT2D eigenvalue weighted by Crippen LogP contribution is 2.35. The number of amides is 1. The van der Waals surface area contributed by atoms with Crippen LogP contribution >= 0.6 is 27.3 Å². The van der Waals surface area contributed by atoms with Gasteiger partial charge in [0.2, 0.25) is 0 Å². The molecule has 0 aliphatic carbocycles. The van der Waals surface area contributed by atoms with Crippen molar-refractivity contribution in [2.45, 2.75) is 18.6 Å². The molecule has 1 aromatic carbocycles. The van der Waals surface area contributed by atoms with Crippen LogP contribution in [0.3, 0.4) is 0 Å². The van der Waals surface area contributed by atoms with Crippen molar-refractivity contribution in [2.24, 2.45) is 0 Å². The SMILES string of the molecule is CC(CCNC(=O)c1sc2cc(Br)ccc2c1N)S(C)=O. The Labute approximate surface area is 138 Å². The molecule has 1 heterocycles. The Morgan fingerprint density at radius 3 is 2.90 bits per heavy atom. The van der Waals surface area contributed by atoms with Crippen LogP contribution in [0, 0.1) is 0 Å². The topological polar surface area (TPSA) is 72.2 Å². The zero-order valence-corrected chi connectivity index (χ0v) is 15.0. The van der Waals surface area contributed by atoms with Crippen LogP contribution in [0.25, 0.3) is 10.1 Å². The number of carbonyl (C=O) groups is 1. The van der Waals surface area contributed by atoms with Crippen LogP contribution in [0.2, 0.25) is 0 Å². The Kier molecular flexibility index (Phi) is 5.40. The fourth-order valence-electron chi connectivity index (χ4n) is 1.89. The van der Waals surface area contributed by atoms with Crippen molar-refractivity contribution < 1.29 is 9.00 Å². The number of thiophene rings is 1. The van der Waals surface area contributed by atoms with Gasteiger partial charge >= 0.3 is 0 Å². The monoisotopic (exact) mass is 388 g/mol. The predicted octanol–water partition coefficient (Wildman–Crippen LogP) is 3.13. The van der Waals surface area contributed by atoms with Crippen LogP contribution in [0.15, 0.2) is 22.7 Å². The van der Waals surface area contributed by atoms with Crippen LogP contribution in [0.5, 0.6) is 0 Å². The first-order chi connectivity index (χ1) is 9.90. The van der Waals surface area contributed by atoms with E-state index in [2.05, 4.69) is 21.2 Å². The smallest absolute Gasteiger partial charge is 0.263 e. The number of hydrogen-bond donors (Lipinski definition) is 2. The number of rotatable bonds is 5. The molecule has 0 spiro atoms. The summed E-state index contributed by atoms with van der Waals surface area (Å²) in [4.78, 5) is 12.7. The summed E-state index contributed by atoms with van der Waals surface area (Å²) in [6.45, 7) is 2.41. The van der Waals surface area contributed by atoms with Crippen LogP contribution in [-0.4, -0.2) is 28.2 Å². The molecule has 1 amide bonds. The zero-order chi connectivity index (χ0) is 15.6. The average molecular weight is 389 g/mol. The third-order valence-electron chi connectivity index (χ3n) is 3.30. The summed E-state index contributed by atoms with van der Waals surface area (Å²) >= 11 is 4.80. The Hall–Kier alpha value is -0.920. The quantitative estimate of drug-likeness (QED) is 0.825. The second-order valence-electron chi connectivity index (χ2n) is 4.84. The predicted molar refractivity (Wildman–Crippen MR) is 94.4 cm³/mol. The minimum absolute atomic E-state index is 0.0704. The number of nitrogens with two attached hydrogens (primary N) is 1. The lowest BCUT2D eigenvalue weighted by Crippen LogP contribution is -2.27. The second kappa shape index (κ2) is 6.89. The summed E-state index contributed by atoms with van der Waals surface area (Å²) in [5.41, 5.74) is 6.58. The molecular weight excluding hydrogens is 372 g/mol. The lowest BCUT2D eigenvalue weighted by molar-refractivity contribution is 0.0958. The Morgan fingerprint density at radius 1 is 1.52 bits per heavy atom. The molecule has 7 heteroatoms. The molecule has 2 unspecified atom stereocenters. The van der Waals surface area contributed by atoms with Gasteiger partial charge in [0.05, 0.1) is 5.69 Å². The molecule has 3 N–H and O–H groups in total. The van der Waals surface area contributed by atoms with Gasteiger partial charge in [-0.2, -0.15) is 0 Å². The molecule has 0 saturated heterocycles. The van der Waals surface area contributed by atoms with E-state index in [1.54, 1.807) is 6.26 Å². The Balaban J connectivity index is 2.09. The van der Waals surface area contributed by atoms with Gasteiger partial charge < -0.3 is 11.1 Å². The maximum absolute atomic E-state index is 12.2. The number of carbonyl (C=O) groups excluding carboxylic acids is 1. The number of halogens is 1. The van der Waals surface area contributed by atoms with Gasteiger partial charge in [-0.3, -0.25) is 9.00 Å². The largest absolute Gasteiger partial charge is 0.397 e.